The summed E-state index contributed by atoms with van der Waals surface area (Å²) in [5, 5.41) is 23.7. The van der Waals surface area contributed by atoms with Crippen LogP contribution in [0.1, 0.15) is 20.8 Å². The van der Waals surface area contributed by atoms with E-state index in [1.807, 2.05) is 6.07 Å². The maximum Gasteiger partial charge on any atom is 0.346 e. The SMILES string of the molecule is COc1ccc(CNc2sc(C(=O)O)c(-c3ccc(Cl)cc3Cl)c2C#N)c(OC)c1. The van der Waals surface area contributed by atoms with E-state index >= 15 is 0 Å². The molecule has 0 unspecified atom stereocenters. The monoisotopic (exact) mass is 462 g/mol. The van der Waals surface area contributed by atoms with Gasteiger partial charge in [0.1, 0.15) is 27.4 Å². The van der Waals surface area contributed by atoms with Gasteiger partial charge in [0.15, 0.2) is 0 Å². The van der Waals surface area contributed by atoms with Crippen molar-refractivity contribution in [2.24, 2.45) is 0 Å². The van der Waals surface area contributed by atoms with E-state index in [4.69, 9.17) is 32.7 Å². The predicted molar refractivity (Wildman–Crippen MR) is 118 cm³/mol. The Kier molecular flexibility index (Phi) is 6.73. The first-order valence-electron chi connectivity index (χ1n) is 8.60. The van der Waals surface area contributed by atoms with E-state index in [0.717, 1.165) is 16.9 Å². The number of rotatable bonds is 7. The van der Waals surface area contributed by atoms with Gasteiger partial charge in [-0.05, 0) is 24.3 Å². The molecule has 0 radical (unpaired) electrons. The van der Waals surface area contributed by atoms with Crippen molar-refractivity contribution >= 4 is 45.5 Å². The van der Waals surface area contributed by atoms with Crippen molar-refractivity contribution in [2.75, 3.05) is 19.5 Å². The molecule has 0 fully saturated rings. The molecule has 0 aliphatic heterocycles. The van der Waals surface area contributed by atoms with Gasteiger partial charge in [-0.2, -0.15) is 5.26 Å². The van der Waals surface area contributed by atoms with Gasteiger partial charge in [-0.1, -0.05) is 29.3 Å². The van der Waals surface area contributed by atoms with Gasteiger partial charge in [0.25, 0.3) is 0 Å². The lowest BCUT2D eigenvalue weighted by atomic mass is 10.0. The lowest BCUT2D eigenvalue weighted by molar-refractivity contribution is 0.0703. The predicted octanol–water partition coefficient (Wildman–Crippen LogP) is 5.92. The smallest absolute Gasteiger partial charge is 0.346 e. The molecular weight excluding hydrogens is 447 g/mol. The van der Waals surface area contributed by atoms with Crippen LogP contribution in [0.5, 0.6) is 11.5 Å². The van der Waals surface area contributed by atoms with Crippen LogP contribution >= 0.6 is 34.5 Å². The summed E-state index contributed by atoms with van der Waals surface area (Å²) < 4.78 is 10.6. The minimum atomic E-state index is -1.15. The molecule has 0 spiro atoms. The fourth-order valence-electron chi connectivity index (χ4n) is 2.94. The summed E-state index contributed by atoms with van der Waals surface area (Å²) in [6.07, 6.45) is 0. The molecule has 1 aromatic heterocycles. The third-order valence-electron chi connectivity index (χ3n) is 4.35. The van der Waals surface area contributed by atoms with E-state index < -0.39 is 5.97 Å². The second-order valence-corrected chi connectivity index (χ2v) is 7.95. The second-order valence-electron chi connectivity index (χ2n) is 6.08. The minimum Gasteiger partial charge on any atom is -0.497 e. The minimum absolute atomic E-state index is 0.0139. The maximum absolute atomic E-state index is 11.9. The molecule has 0 saturated carbocycles. The highest BCUT2D eigenvalue weighted by atomic mass is 35.5. The summed E-state index contributed by atoms with van der Waals surface area (Å²) in [4.78, 5) is 11.9. The van der Waals surface area contributed by atoms with E-state index in [-0.39, 0.29) is 21.0 Å². The normalized spacial score (nSPS) is 10.4. The second kappa shape index (κ2) is 9.26. The van der Waals surface area contributed by atoms with Crippen LogP contribution in [-0.4, -0.2) is 25.3 Å². The summed E-state index contributed by atoms with van der Waals surface area (Å²) in [6.45, 7) is 0.315. The number of hydrogen-bond donors (Lipinski definition) is 2. The number of carbonyl (C=O) groups is 1. The highest BCUT2D eigenvalue weighted by Crippen LogP contribution is 2.43. The number of ether oxygens (including phenoxy) is 2. The number of nitrogens with one attached hydrogen (secondary N) is 1. The number of nitrogens with zero attached hydrogens (tertiary/aromatic N) is 1. The van der Waals surface area contributed by atoms with Gasteiger partial charge < -0.3 is 19.9 Å². The number of carboxylic acids is 1. The van der Waals surface area contributed by atoms with Crippen LogP contribution < -0.4 is 14.8 Å². The Bertz CT molecular complexity index is 1150. The zero-order valence-electron chi connectivity index (χ0n) is 16.0. The fraction of sp³-hybridized carbons (Fsp3) is 0.143. The van der Waals surface area contributed by atoms with Gasteiger partial charge in [0, 0.05) is 39.3 Å². The van der Waals surface area contributed by atoms with Gasteiger partial charge >= 0.3 is 5.97 Å². The zero-order valence-corrected chi connectivity index (χ0v) is 18.3. The lowest BCUT2D eigenvalue weighted by Gasteiger charge is -2.11. The Balaban J connectivity index is 2.03. The molecule has 154 valence electrons. The Morgan fingerprint density at radius 2 is 1.97 bits per heavy atom. The van der Waals surface area contributed by atoms with Crippen molar-refractivity contribution in [2.45, 2.75) is 6.54 Å². The summed E-state index contributed by atoms with van der Waals surface area (Å²) in [7, 11) is 3.11. The first-order chi connectivity index (χ1) is 14.4. The van der Waals surface area contributed by atoms with Gasteiger partial charge in [0.05, 0.1) is 19.8 Å². The van der Waals surface area contributed by atoms with E-state index in [0.29, 0.717) is 33.6 Å². The molecule has 0 amide bonds. The quantitative estimate of drug-likeness (QED) is 0.452. The molecule has 0 bridgehead atoms. The number of aromatic carboxylic acids is 1. The number of nitriles is 1. The van der Waals surface area contributed by atoms with E-state index in [1.165, 1.54) is 6.07 Å². The molecule has 1 heterocycles. The van der Waals surface area contributed by atoms with Gasteiger partial charge in [-0.25, -0.2) is 4.79 Å². The fourth-order valence-corrected chi connectivity index (χ4v) is 4.44. The summed E-state index contributed by atoms with van der Waals surface area (Å²) in [6, 6.07) is 12.2. The van der Waals surface area contributed by atoms with Crippen LogP contribution in [-0.2, 0) is 6.54 Å². The van der Waals surface area contributed by atoms with Crippen molar-refractivity contribution in [3.8, 4) is 28.7 Å². The molecule has 3 aromatic rings. The molecule has 0 saturated heterocycles. The van der Waals surface area contributed by atoms with Crippen molar-refractivity contribution in [1.29, 1.82) is 5.26 Å². The average Bonchev–Trinajstić information content (AvgIpc) is 3.10. The summed E-state index contributed by atoms with van der Waals surface area (Å²) >= 11 is 13.2. The van der Waals surface area contributed by atoms with Crippen LogP contribution in [0.3, 0.4) is 0 Å². The number of benzene rings is 2. The van der Waals surface area contributed by atoms with Crippen LogP contribution in [0, 0.1) is 11.3 Å². The largest absolute Gasteiger partial charge is 0.497 e. The third kappa shape index (κ3) is 4.31. The number of methoxy groups -OCH3 is 2. The molecule has 3 rings (SSSR count). The lowest BCUT2D eigenvalue weighted by Crippen LogP contribution is -2.02. The topological polar surface area (TPSA) is 91.6 Å². The summed E-state index contributed by atoms with van der Waals surface area (Å²) in [5.41, 5.74) is 1.72. The van der Waals surface area contributed by atoms with E-state index in [9.17, 15) is 15.2 Å². The van der Waals surface area contributed by atoms with Crippen molar-refractivity contribution < 1.29 is 19.4 Å². The van der Waals surface area contributed by atoms with E-state index in [1.54, 1.807) is 38.5 Å². The van der Waals surface area contributed by atoms with Crippen molar-refractivity contribution in [3.63, 3.8) is 0 Å². The Labute approximate surface area is 187 Å². The molecule has 2 aromatic carbocycles. The Hall–Kier alpha value is -2.92. The average molecular weight is 463 g/mol. The molecule has 2 N–H and O–H groups in total. The van der Waals surface area contributed by atoms with Crippen molar-refractivity contribution in [1.82, 2.24) is 0 Å². The highest BCUT2D eigenvalue weighted by molar-refractivity contribution is 7.18. The van der Waals surface area contributed by atoms with Gasteiger partial charge in [0.2, 0.25) is 0 Å². The highest BCUT2D eigenvalue weighted by Gasteiger charge is 2.25. The molecular formula is C21H16Cl2N2O4S. The number of hydrogen-bond acceptors (Lipinski definition) is 6. The standard InChI is InChI=1S/C21H16Cl2N2O4S/c1-28-13-5-3-11(17(8-13)29-2)10-25-20-15(9-24)18(19(30-20)21(26)27)14-6-4-12(22)7-16(14)23/h3-8,25H,10H2,1-2H3,(H,26,27). The first kappa shape index (κ1) is 21.8. The number of anilines is 1. The van der Waals surface area contributed by atoms with Crippen LogP contribution in [0.2, 0.25) is 10.0 Å². The Morgan fingerprint density at radius 3 is 2.57 bits per heavy atom. The molecule has 0 aliphatic rings. The number of thiophene rings is 1. The van der Waals surface area contributed by atoms with Crippen LogP contribution in [0.4, 0.5) is 5.00 Å². The molecule has 9 heteroatoms. The first-order valence-corrected chi connectivity index (χ1v) is 10.2. The third-order valence-corrected chi connectivity index (χ3v) is 6.03. The van der Waals surface area contributed by atoms with Gasteiger partial charge in [-0.15, -0.1) is 11.3 Å². The number of halogens is 2. The number of carboxylic acid groups (broad SMARTS) is 1. The van der Waals surface area contributed by atoms with Crippen molar-refractivity contribution in [3.05, 3.63) is 62.4 Å². The molecule has 6 nitrogen and oxygen atoms in total. The summed E-state index contributed by atoms with van der Waals surface area (Å²) in [5.74, 6) is 0.112. The van der Waals surface area contributed by atoms with Crippen LogP contribution in [0.15, 0.2) is 36.4 Å². The van der Waals surface area contributed by atoms with E-state index in [2.05, 4.69) is 11.4 Å². The molecule has 30 heavy (non-hydrogen) atoms. The maximum atomic E-state index is 11.9. The molecule has 0 atom stereocenters. The molecule has 0 aliphatic carbocycles. The zero-order chi connectivity index (χ0) is 21.8. The Morgan fingerprint density at radius 1 is 1.20 bits per heavy atom. The van der Waals surface area contributed by atoms with Gasteiger partial charge in [-0.3, -0.25) is 0 Å². The van der Waals surface area contributed by atoms with Crippen LogP contribution in [0.25, 0.3) is 11.1 Å².